The molecular formula is C9H13N3O2. The van der Waals surface area contributed by atoms with Crippen LogP contribution < -0.4 is 0 Å². The summed E-state index contributed by atoms with van der Waals surface area (Å²) in [5.41, 5.74) is 0.988. The molecule has 1 aliphatic rings. The number of aromatic nitrogens is 2. The standard InChI is InChI=1S/C9H13N3O2/c1-11-3-2-4-12-7(6-11)5-10-8(12)9(13)14/h5H,2-4,6H2,1H3,(H,13,14). The summed E-state index contributed by atoms with van der Waals surface area (Å²) in [6.07, 6.45) is 2.63. The summed E-state index contributed by atoms with van der Waals surface area (Å²) in [5.74, 6) is -0.781. The molecule has 14 heavy (non-hydrogen) atoms. The Bertz CT molecular complexity index is 359. The summed E-state index contributed by atoms with van der Waals surface area (Å²) in [4.78, 5) is 16.9. The number of imidazole rings is 1. The minimum absolute atomic E-state index is 0.162. The molecule has 0 bridgehead atoms. The Hall–Kier alpha value is -1.36. The fourth-order valence-corrected chi connectivity index (χ4v) is 1.81. The molecule has 0 fully saturated rings. The third-order valence-corrected chi connectivity index (χ3v) is 2.48. The molecular weight excluding hydrogens is 182 g/mol. The molecule has 1 aliphatic heterocycles. The number of hydrogen-bond donors (Lipinski definition) is 1. The molecule has 0 spiro atoms. The number of nitrogens with zero attached hydrogens (tertiary/aromatic N) is 3. The Morgan fingerprint density at radius 1 is 1.57 bits per heavy atom. The van der Waals surface area contributed by atoms with Gasteiger partial charge in [-0.25, -0.2) is 9.78 Å². The van der Waals surface area contributed by atoms with Gasteiger partial charge < -0.3 is 14.6 Å². The van der Waals surface area contributed by atoms with Crippen molar-refractivity contribution in [2.75, 3.05) is 13.6 Å². The van der Waals surface area contributed by atoms with Crippen LogP contribution in [0, 0.1) is 0 Å². The van der Waals surface area contributed by atoms with E-state index in [0.29, 0.717) is 0 Å². The molecule has 1 N–H and O–H groups in total. The van der Waals surface area contributed by atoms with E-state index < -0.39 is 5.97 Å². The molecule has 0 atom stereocenters. The molecule has 0 unspecified atom stereocenters. The van der Waals surface area contributed by atoms with E-state index in [1.807, 2.05) is 7.05 Å². The van der Waals surface area contributed by atoms with Gasteiger partial charge in [0.1, 0.15) is 0 Å². The monoisotopic (exact) mass is 195 g/mol. The Morgan fingerprint density at radius 3 is 3.07 bits per heavy atom. The fraction of sp³-hybridized carbons (Fsp3) is 0.556. The van der Waals surface area contributed by atoms with Crippen LogP contribution in [0.2, 0.25) is 0 Å². The average Bonchev–Trinajstić information content (AvgIpc) is 2.41. The maximum absolute atomic E-state index is 10.8. The van der Waals surface area contributed by atoms with Crippen LogP contribution in [0.1, 0.15) is 22.7 Å². The summed E-state index contributed by atoms with van der Waals surface area (Å²) < 4.78 is 1.80. The van der Waals surface area contributed by atoms with Gasteiger partial charge in [-0.05, 0) is 20.0 Å². The van der Waals surface area contributed by atoms with Gasteiger partial charge in [-0.15, -0.1) is 0 Å². The number of carboxylic acids is 1. The molecule has 0 amide bonds. The first-order chi connectivity index (χ1) is 6.68. The third kappa shape index (κ3) is 1.50. The van der Waals surface area contributed by atoms with Gasteiger partial charge in [-0.3, -0.25) is 0 Å². The van der Waals surface area contributed by atoms with Crippen molar-refractivity contribution in [3.05, 3.63) is 17.7 Å². The Balaban J connectivity index is 2.37. The quantitative estimate of drug-likeness (QED) is 0.705. The third-order valence-electron chi connectivity index (χ3n) is 2.48. The predicted molar refractivity (Wildman–Crippen MR) is 50.1 cm³/mol. The van der Waals surface area contributed by atoms with Crippen LogP contribution >= 0.6 is 0 Å². The van der Waals surface area contributed by atoms with Crippen molar-refractivity contribution in [2.24, 2.45) is 0 Å². The Labute approximate surface area is 82.0 Å². The number of hydrogen-bond acceptors (Lipinski definition) is 3. The second-order valence-electron chi connectivity index (χ2n) is 3.62. The van der Waals surface area contributed by atoms with E-state index in [0.717, 1.165) is 31.7 Å². The summed E-state index contributed by atoms with van der Waals surface area (Å²) in [5, 5.41) is 8.89. The number of carboxylic acid groups (broad SMARTS) is 1. The van der Waals surface area contributed by atoms with Crippen molar-refractivity contribution >= 4 is 5.97 Å². The molecule has 0 saturated carbocycles. The number of rotatable bonds is 1. The summed E-state index contributed by atoms with van der Waals surface area (Å²) in [7, 11) is 2.03. The van der Waals surface area contributed by atoms with Crippen LogP contribution in [0.25, 0.3) is 0 Å². The molecule has 0 saturated heterocycles. The van der Waals surface area contributed by atoms with E-state index in [4.69, 9.17) is 5.11 Å². The van der Waals surface area contributed by atoms with Crippen LogP contribution in [0.4, 0.5) is 0 Å². The van der Waals surface area contributed by atoms with Gasteiger partial charge in [0.05, 0.1) is 11.9 Å². The zero-order chi connectivity index (χ0) is 10.1. The van der Waals surface area contributed by atoms with Crippen LogP contribution in [-0.4, -0.2) is 39.1 Å². The lowest BCUT2D eigenvalue weighted by Gasteiger charge is -2.10. The molecule has 1 aromatic rings. The van der Waals surface area contributed by atoms with Gasteiger partial charge in [0, 0.05) is 13.1 Å². The fourth-order valence-electron chi connectivity index (χ4n) is 1.81. The maximum Gasteiger partial charge on any atom is 0.372 e. The molecule has 0 aliphatic carbocycles. The number of carbonyl (C=O) groups is 1. The molecule has 2 heterocycles. The Kier molecular flexibility index (Phi) is 2.25. The minimum atomic E-state index is -0.944. The van der Waals surface area contributed by atoms with Crippen molar-refractivity contribution in [1.82, 2.24) is 14.5 Å². The summed E-state index contributed by atoms with van der Waals surface area (Å²) in [6.45, 7) is 2.53. The van der Waals surface area contributed by atoms with Gasteiger partial charge >= 0.3 is 5.97 Å². The summed E-state index contributed by atoms with van der Waals surface area (Å²) in [6, 6.07) is 0. The van der Waals surface area contributed by atoms with Gasteiger partial charge in [0.25, 0.3) is 0 Å². The topological polar surface area (TPSA) is 58.4 Å². The SMILES string of the molecule is CN1CCCn2c(cnc2C(=O)O)C1. The lowest BCUT2D eigenvalue weighted by Crippen LogP contribution is -2.17. The van der Waals surface area contributed by atoms with Crippen LogP contribution in [-0.2, 0) is 13.1 Å². The minimum Gasteiger partial charge on any atom is -0.475 e. The highest BCUT2D eigenvalue weighted by Gasteiger charge is 2.18. The van der Waals surface area contributed by atoms with Gasteiger partial charge in [-0.2, -0.15) is 0 Å². The van der Waals surface area contributed by atoms with Crippen molar-refractivity contribution in [1.29, 1.82) is 0 Å². The normalized spacial score (nSPS) is 17.5. The highest BCUT2D eigenvalue weighted by molar-refractivity contribution is 5.83. The van der Waals surface area contributed by atoms with Crippen molar-refractivity contribution in [3.8, 4) is 0 Å². The van der Waals surface area contributed by atoms with Crippen molar-refractivity contribution in [2.45, 2.75) is 19.5 Å². The highest BCUT2D eigenvalue weighted by atomic mass is 16.4. The highest BCUT2D eigenvalue weighted by Crippen LogP contribution is 2.13. The summed E-state index contributed by atoms with van der Waals surface area (Å²) >= 11 is 0. The van der Waals surface area contributed by atoms with Gasteiger partial charge in [-0.1, -0.05) is 0 Å². The predicted octanol–water partition coefficient (Wildman–Crippen LogP) is 0.417. The second-order valence-corrected chi connectivity index (χ2v) is 3.62. The van der Waals surface area contributed by atoms with Crippen LogP contribution in [0.15, 0.2) is 6.20 Å². The molecule has 0 aromatic carbocycles. The first-order valence-corrected chi connectivity index (χ1v) is 4.64. The average molecular weight is 195 g/mol. The first-order valence-electron chi connectivity index (χ1n) is 4.64. The maximum atomic E-state index is 10.8. The number of aromatic carboxylic acids is 1. The van der Waals surface area contributed by atoms with E-state index >= 15 is 0 Å². The smallest absolute Gasteiger partial charge is 0.372 e. The van der Waals surface area contributed by atoms with E-state index in [1.165, 1.54) is 0 Å². The lowest BCUT2D eigenvalue weighted by atomic mass is 10.4. The van der Waals surface area contributed by atoms with E-state index in [2.05, 4.69) is 9.88 Å². The zero-order valence-corrected chi connectivity index (χ0v) is 8.10. The molecule has 2 rings (SSSR count). The Morgan fingerprint density at radius 2 is 2.36 bits per heavy atom. The number of fused-ring (bicyclic) bond motifs is 1. The van der Waals surface area contributed by atoms with Crippen molar-refractivity contribution < 1.29 is 9.90 Å². The molecule has 0 radical (unpaired) electrons. The largest absolute Gasteiger partial charge is 0.475 e. The first kappa shape index (κ1) is 9.21. The van der Waals surface area contributed by atoms with E-state index in [9.17, 15) is 4.79 Å². The van der Waals surface area contributed by atoms with E-state index in [-0.39, 0.29) is 5.82 Å². The van der Waals surface area contributed by atoms with Gasteiger partial charge in [0.15, 0.2) is 0 Å². The van der Waals surface area contributed by atoms with Crippen molar-refractivity contribution in [3.63, 3.8) is 0 Å². The van der Waals surface area contributed by atoms with Crippen LogP contribution in [0.5, 0.6) is 0 Å². The second kappa shape index (κ2) is 3.42. The molecule has 76 valence electrons. The van der Waals surface area contributed by atoms with Gasteiger partial charge in [0.2, 0.25) is 5.82 Å². The van der Waals surface area contributed by atoms with E-state index in [1.54, 1.807) is 10.8 Å². The molecule has 1 aromatic heterocycles. The molecule has 5 heteroatoms. The lowest BCUT2D eigenvalue weighted by molar-refractivity contribution is 0.0678. The molecule has 5 nitrogen and oxygen atoms in total. The zero-order valence-electron chi connectivity index (χ0n) is 8.10. The van der Waals surface area contributed by atoms with Crippen LogP contribution in [0.3, 0.4) is 0 Å².